The summed E-state index contributed by atoms with van der Waals surface area (Å²) in [5.41, 5.74) is 6.50. The molecule has 4 aromatic carbocycles. The van der Waals surface area contributed by atoms with Crippen LogP contribution in [0, 0.1) is 6.92 Å². The van der Waals surface area contributed by atoms with Crippen molar-refractivity contribution >= 4 is 52.1 Å². The topological polar surface area (TPSA) is 93.3 Å². The highest BCUT2D eigenvalue weighted by Gasteiger charge is 2.41. The van der Waals surface area contributed by atoms with Gasteiger partial charge in [-0.05, 0) is 67.1 Å². The number of amidine groups is 2. The second kappa shape index (κ2) is 11.0. The fraction of sp³-hybridized carbons (Fsp3) is 0.118. The van der Waals surface area contributed by atoms with Gasteiger partial charge in [0, 0.05) is 11.3 Å². The minimum absolute atomic E-state index is 0.338. The van der Waals surface area contributed by atoms with Gasteiger partial charge in [0.25, 0.3) is 0 Å². The highest BCUT2D eigenvalue weighted by Crippen LogP contribution is 2.48. The summed E-state index contributed by atoms with van der Waals surface area (Å²) >= 11 is 6.48. The number of aryl methyl sites for hydroxylation is 1. The normalized spacial score (nSPS) is 14.9. The number of rotatable bonds is 5. The third kappa shape index (κ3) is 4.58. The van der Waals surface area contributed by atoms with E-state index in [4.69, 9.17) is 36.2 Å². The van der Waals surface area contributed by atoms with Gasteiger partial charge in [-0.25, -0.2) is 19.5 Å². The Morgan fingerprint density at radius 3 is 2.39 bits per heavy atom. The average molecular weight is 603 g/mol. The highest BCUT2D eigenvalue weighted by molar-refractivity contribution is 6.51. The van der Waals surface area contributed by atoms with Crippen LogP contribution in [0.25, 0.3) is 5.69 Å². The average Bonchev–Trinajstić information content (AvgIpc) is 3.39. The minimum atomic E-state index is -0.392. The number of para-hydroxylation sites is 3. The maximum atomic E-state index is 12.3. The zero-order valence-corrected chi connectivity index (χ0v) is 24.9. The Hall–Kier alpha value is -5.41. The van der Waals surface area contributed by atoms with E-state index in [0.717, 1.165) is 39.6 Å². The van der Waals surface area contributed by atoms with E-state index in [1.165, 1.54) is 7.11 Å². The molecule has 0 aliphatic carbocycles. The van der Waals surface area contributed by atoms with E-state index in [1.54, 1.807) is 31.4 Å². The van der Waals surface area contributed by atoms with E-state index in [9.17, 15) is 4.79 Å². The number of methoxy groups -OCH3 is 2. The van der Waals surface area contributed by atoms with Gasteiger partial charge < -0.3 is 19.7 Å². The SMILES string of the molecule is COC(=O)c1ccc(C2c3c(C)nn(-c4ccccc4)c3N=C3C(Nc4ccc(OC)c(Cl)c4)=Nc4ccccc4N32)cc1. The number of benzene rings is 4. The molecule has 9 nitrogen and oxygen atoms in total. The summed E-state index contributed by atoms with van der Waals surface area (Å²) in [7, 11) is 2.96. The molecule has 10 heteroatoms. The molecule has 1 aromatic heterocycles. The summed E-state index contributed by atoms with van der Waals surface area (Å²) in [6, 6.07) is 30.5. The van der Waals surface area contributed by atoms with E-state index >= 15 is 0 Å². The Morgan fingerprint density at radius 2 is 1.66 bits per heavy atom. The number of carbonyl (C=O) groups is 1. The first-order chi connectivity index (χ1) is 21.5. The van der Waals surface area contributed by atoms with Gasteiger partial charge in [0.15, 0.2) is 17.5 Å². The van der Waals surface area contributed by atoms with Gasteiger partial charge in [0.05, 0.1) is 53.6 Å². The standard InChI is InChI=1S/C34H27ClN6O3/c1-20-29-30(21-13-15-22(16-14-21)34(42)44-3)40-27-12-8-7-11-26(27)37-31(36-23-17-18-28(43-2)25(35)19-23)33(40)38-32(29)41(39-20)24-9-5-4-6-10-24/h4-19,30H,1-3H3,(H,36,37). The maximum absolute atomic E-state index is 12.3. The number of nitrogens with zero attached hydrogens (tertiary/aromatic N) is 5. The van der Waals surface area contributed by atoms with Crippen molar-refractivity contribution in [3.8, 4) is 11.4 Å². The van der Waals surface area contributed by atoms with Crippen molar-refractivity contribution in [2.24, 2.45) is 9.98 Å². The molecule has 5 aromatic rings. The van der Waals surface area contributed by atoms with Crippen LogP contribution in [-0.2, 0) is 4.74 Å². The summed E-state index contributed by atoms with van der Waals surface area (Å²) in [6.45, 7) is 2.00. The fourth-order valence-corrected chi connectivity index (χ4v) is 5.92. The van der Waals surface area contributed by atoms with Crippen molar-refractivity contribution in [1.82, 2.24) is 9.78 Å². The van der Waals surface area contributed by atoms with Gasteiger partial charge in [-0.3, -0.25) is 0 Å². The Bertz CT molecular complexity index is 1970. The molecule has 0 radical (unpaired) electrons. The lowest BCUT2D eigenvalue weighted by molar-refractivity contribution is 0.0600. The van der Waals surface area contributed by atoms with Crippen LogP contribution in [0.3, 0.4) is 0 Å². The molecule has 218 valence electrons. The molecule has 2 aliphatic rings. The quantitative estimate of drug-likeness (QED) is 0.210. The highest BCUT2D eigenvalue weighted by atomic mass is 35.5. The lowest BCUT2D eigenvalue weighted by atomic mass is 9.92. The summed E-state index contributed by atoms with van der Waals surface area (Å²) in [4.78, 5) is 24.7. The van der Waals surface area contributed by atoms with Crippen LogP contribution in [0.5, 0.6) is 5.75 Å². The third-order valence-electron chi connectivity index (χ3n) is 7.70. The number of nitrogens with one attached hydrogen (secondary N) is 1. The largest absolute Gasteiger partial charge is 0.495 e. The molecule has 7 rings (SSSR count). The van der Waals surface area contributed by atoms with Crippen LogP contribution in [0.2, 0.25) is 5.02 Å². The van der Waals surface area contributed by atoms with Crippen molar-refractivity contribution < 1.29 is 14.3 Å². The molecule has 44 heavy (non-hydrogen) atoms. The number of hydrogen-bond donors (Lipinski definition) is 1. The second-order valence-corrected chi connectivity index (χ2v) is 10.7. The van der Waals surface area contributed by atoms with Gasteiger partial charge in [0.2, 0.25) is 0 Å². The zero-order valence-electron chi connectivity index (χ0n) is 24.2. The first-order valence-electron chi connectivity index (χ1n) is 14.0. The van der Waals surface area contributed by atoms with Crippen molar-refractivity contribution in [2.75, 3.05) is 24.4 Å². The molecule has 1 atom stereocenters. The Balaban J connectivity index is 1.45. The predicted molar refractivity (Wildman–Crippen MR) is 173 cm³/mol. The fourth-order valence-electron chi connectivity index (χ4n) is 5.66. The number of halogens is 1. The number of fused-ring (bicyclic) bond motifs is 4. The van der Waals surface area contributed by atoms with Crippen LogP contribution < -0.4 is 15.0 Å². The molecule has 3 heterocycles. The first kappa shape index (κ1) is 27.4. The number of anilines is 2. The van der Waals surface area contributed by atoms with Crippen molar-refractivity contribution in [2.45, 2.75) is 13.0 Å². The number of ether oxygens (including phenoxy) is 2. The number of esters is 1. The Kier molecular flexibility index (Phi) is 6.87. The van der Waals surface area contributed by atoms with Crippen LogP contribution in [0.4, 0.5) is 22.9 Å². The molecule has 1 N–H and O–H groups in total. The molecule has 0 bridgehead atoms. The smallest absolute Gasteiger partial charge is 0.337 e. The third-order valence-corrected chi connectivity index (χ3v) is 8.00. The molecular weight excluding hydrogens is 576 g/mol. The van der Waals surface area contributed by atoms with Crippen LogP contribution >= 0.6 is 11.6 Å². The van der Waals surface area contributed by atoms with Crippen LogP contribution in [0.15, 0.2) is 107 Å². The Labute approximate surface area is 259 Å². The van der Waals surface area contributed by atoms with Crippen LogP contribution in [-0.4, -0.2) is 41.6 Å². The molecule has 0 saturated heterocycles. The lowest BCUT2D eigenvalue weighted by Gasteiger charge is -2.40. The lowest BCUT2D eigenvalue weighted by Crippen LogP contribution is -2.46. The Morgan fingerprint density at radius 1 is 0.909 bits per heavy atom. The summed E-state index contributed by atoms with van der Waals surface area (Å²) in [5.74, 6) is 2.04. The molecule has 0 spiro atoms. The molecule has 0 fully saturated rings. The second-order valence-electron chi connectivity index (χ2n) is 10.3. The molecule has 0 saturated carbocycles. The molecule has 1 unspecified atom stereocenters. The van der Waals surface area contributed by atoms with Gasteiger partial charge in [0.1, 0.15) is 5.75 Å². The summed E-state index contributed by atoms with van der Waals surface area (Å²) in [5, 5.41) is 8.90. The number of hydrogen-bond acceptors (Lipinski definition) is 8. The van der Waals surface area contributed by atoms with E-state index in [-0.39, 0.29) is 6.04 Å². The van der Waals surface area contributed by atoms with Gasteiger partial charge in [-0.15, -0.1) is 0 Å². The van der Waals surface area contributed by atoms with Gasteiger partial charge in [-0.1, -0.05) is 54.1 Å². The van der Waals surface area contributed by atoms with Crippen molar-refractivity contribution in [1.29, 1.82) is 0 Å². The number of aromatic nitrogens is 2. The van der Waals surface area contributed by atoms with Gasteiger partial charge >= 0.3 is 5.97 Å². The zero-order chi connectivity index (χ0) is 30.4. The van der Waals surface area contributed by atoms with Crippen molar-refractivity contribution in [3.63, 3.8) is 0 Å². The molecule has 2 aliphatic heterocycles. The first-order valence-corrected chi connectivity index (χ1v) is 14.3. The minimum Gasteiger partial charge on any atom is -0.495 e. The van der Waals surface area contributed by atoms with E-state index in [1.807, 2.05) is 84.4 Å². The van der Waals surface area contributed by atoms with Crippen molar-refractivity contribution in [3.05, 3.63) is 124 Å². The number of aliphatic imine (C=N–C) groups is 2. The van der Waals surface area contributed by atoms with E-state index in [0.29, 0.717) is 33.8 Å². The predicted octanol–water partition coefficient (Wildman–Crippen LogP) is 7.42. The summed E-state index contributed by atoms with van der Waals surface area (Å²) < 4.78 is 12.2. The van der Waals surface area contributed by atoms with E-state index in [2.05, 4.69) is 10.2 Å². The van der Waals surface area contributed by atoms with Crippen LogP contribution in [0.1, 0.15) is 33.2 Å². The van der Waals surface area contributed by atoms with E-state index < -0.39 is 5.97 Å². The summed E-state index contributed by atoms with van der Waals surface area (Å²) in [6.07, 6.45) is 0. The van der Waals surface area contributed by atoms with Gasteiger partial charge in [-0.2, -0.15) is 5.10 Å². The monoisotopic (exact) mass is 602 g/mol. The molecular formula is C34H27ClN6O3. The molecule has 0 amide bonds. The maximum Gasteiger partial charge on any atom is 0.337 e. The number of carbonyl (C=O) groups excluding carboxylic acids is 1.